The number of primary amides is 1. The van der Waals surface area contributed by atoms with Gasteiger partial charge in [0.15, 0.2) is 0 Å². The molecule has 5 nitrogen and oxygen atoms in total. The number of aromatic nitrogens is 3. The summed E-state index contributed by atoms with van der Waals surface area (Å²) in [5.74, 6) is -0.273. The third kappa shape index (κ3) is 2.79. The average molecular weight is 154 g/mol. The van der Waals surface area contributed by atoms with Crippen molar-refractivity contribution in [2.75, 3.05) is 0 Å². The number of carbonyl (C=O) groups is 1. The van der Waals surface area contributed by atoms with E-state index in [2.05, 4.69) is 10.3 Å². The van der Waals surface area contributed by atoms with Gasteiger partial charge in [-0.1, -0.05) is 5.21 Å². The molecule has 0 saturated heterocycles. The van der Waals surface area contributed by atoms with Gasteiger partial charge in [0.05, 0.1) is 6.20 Å². The molecule has 0 aliphatic carbocycles. The smallest absolute Gasteiger partial charge is 0.217 e. The molecule has 1 aromatic heterocycles. The van der Waals surface area contributed by atoms with Crippen LogP contribution in [0.25, 0.3) is 0 Å². The maximum Gasteiger partial charge on any atom is 0.217 e. The highest BCUT2D eigenvalue weighted by molar-refractivity contribution is 5.73. The molecule has 0 bridgehead atoms. The fourth-order valence-electron chi connectivity index (χ4n) is 0.767. The molecule has 0 atom stereocenters. The Morgan fingerprint density at radius 2 is 2.45 bits per heavy atom. The van der Waals surface area contributed by atoms with Gasteiger partial charge in [-0.25, -0.2) is 0 Å². The molecule has 0 saturated carbocycles. The average Bonchev–Trinajstić information content (AvgIpc) is 2.39. The van der Waals surface area contributed by atoms with Crippen molar-refractivity contribution in [3.8, 4) is 0 Å². The zero-order valence-corrected chi connectivity index (χ0v) is 6.10. The first-order valence-electron chi connectivity index (χ1n) is 3.41. The second kappa shape index (κ2) is 3.70. The van der Waals surface area contributed by atoms with Gasteiger partial charge in [-0.2, -0.15) is 0 Å². The largest absolute Gasteiger partial charge is 0.370 e. The van der Waals surface area contributed by atoms with Crippen LogP contribution in [0.1, 0.15) is 12.8 Å². The molecule has 0 radical (unpaired) electrons. The standard InChI is InChI=1S/C6H10N4O/c7-6(11)2-1-4-10-5-3-8-9-10/h3,5H,1-2,4H2,(H2,7,11). The van der Waals surface area contributed by atoms with Gasteiger partial charge in [-0.3, -0.25) is 9.48 Å². The van der Waals surface area contributed by atoms with Crippen molar-refractivity contribution in [3.63, 3.8) is 0 Å². The Bertz CT molecular complexity index is 218. The number of aryl methyl sites for hydroxylation is 1. The molecule has 0 fully saturated rings. The van der Waals surface area contributed by atoms with Gasteiger partial charge in [0, 0.05) is 19.2 Å². The number of nitrogens with zero attached hydrogens (tertiary/aromatic N) is 3. The molecule has 1 aromatic rings. The van der Waals surface area contributed by atoms with Crippen LogP contribution < -0.4 is 5.73 Å². The van der Waals surface area contributed by atoms with E-state index in [0.717, 1.165) is 6.42 Å². The van der Waals surface area contributed by atoms with E-state index in [4.69, 9.17) is 5.73 Å². The van der Waals surface area contributed by atoms with Crippen molar-refractivity contribution in [2.45, 2.75) is 19.4 Å². The minimum Gasteiger partial charge on any atom is -0.370 e. The van der Waals surface area contributed by atoms with Crippen LogP contribution in [-0.4, -0.2) is 20.9 Å². The molecule has 0 aliphatic rings. The fraction of sp³-hybridized carbons (Fsp3) is 0.500. The molecule has 0 aliphatic heterocycles. The molecule has 5 heteroatoms. The Morgan fingerprint density at radius 1 is 1.64 bits per heavy atom. The van der Waals surface area contributed by atoms with E-state index in [-0.39, 0.29) is 5.91 Å². The molecular weight excluding hydrogens is 144 g/mol. The van der Waals surface area contributed by atoms with Crippen molar-refractivity contribution < 1.29 is 4.79 Å². The van der Waals surface area contributed by atoms with Crippen molar-refractivity contribution in [2.24, 2.45) is 5.73 Å². The van der Waals surface area contributed by atoms with Gasteiger partial charge in [-0.05, 0) is 6.42 Å². The van der Waals surface area contributed by atoms with Crippen LogP contribution in [0.2, 0.25) is 0 Å². The number of carbonyl (C=O) groups excluding carboxylic acids is 1. The molecule has 60 valence electrons. The van der Waals surface area contributed by atoms with Gasteiger partial charge in [0.2, 0.25) is 5.91 Å². The third-order valence-corrected chi connectivity index (χ3v) is 1.28. The Morgan fingerprint density at radius 3 is 3.00 bits per heavy atom. The number of amides is 1. The van der Waals surface area contributed by atoms with Crippen molar-refractivity contribution >= 4 is 5.91 Å². The van der Waals surface area contributed by atoms with Gasteiger partial charge >= 0.3 is 0 Å². The Balaban J connectivity index is 2.19. The van der Waals surface area contributed by atoms with Crippen LogP contribution in [0.15, 0.2) is 12.4 Å². The molecule has 0 unspecified atom stereocenters. The monoisotopic (exact) mass is 154 g/mol. The van der Waals surface area contributed by atoms with Crippen molar-refractivity contribution in [1.82, 2.24) is 15.0 Å². The maximum atomic E-state index is 10.3. The minimum absolute atomic E-state index is 0.273. The van der Waals surface area contributed by atoms with E-state index in [1.165, 1.54) is 0 Å². The van der Waals surface area contributed by atoms with Gasteiger partial charge < -0.3 is 5.73 Å². The third-order valence-electron chi connectivity index (χ3n) is 1.28. The zero-order chi connectivity index (χ0) is 8.10. The quantitative estimate of drug-likeness (QED) is 0.638. The summed E-state index contributed by atoms with van der Waals surface area (Å²) in [6, 6.07) is 0. The Kier molecular flexibility index (Phi) is 2.59. The molecule has 1 heterocycles. The lowest BCUT2D eigenvalue weighted by Gasteiger charge is -1.96. The summed E-state index contributed by atoms with van der Waals surface area (Å²) in [6.45, 7) is 0.697. The summed E-state index contributed by atoms with van der Waals surface area (Å²) in [5, 5.41) is 7.34. The summed E-state index contributed by atoms with van der Waals surface area (Å²) in [5.41, 5.74) is 4.95. The Hall–Kier alpha value is -1.39. The first-order valence-corrected chi connectivity index (χ1v) is 3.41. The zero-order valence-electron chi connectivity index (χ0n) is 6.10. The lowest BCUT2D eigenvalue weighted by atomic mass is 10.3. The highest BCUT2D eigenvalue weighted by Gasteiger charge is 1.94. The van der Waals surface area contributed by atoms with Crippen LogP contribution in [-0.2, 0) is 11.3 Å². The van der Waals surface area contributed by atoms with Crippen molar-refractivity contribution in [1.29, 1.82) is 0 Å². The number of hydrogen-bond acceptors (Lipinski definition) is 3. The number of nitrogens with two attached hydrogens (primary N) is 1. The minimum atomic E-state index is -0.273. The molecule has 0 aromatic carbocycles. The van der Waals surface area contributed by atoms with Crippen LogP contribution in [0.3, 0.4) is 0 Å². The first kappa shape index (κ1) is 7.71. The van der Waals surface area contributed by atoms with E-state index >= 15 is 0 Å². The number of hydrogen-bond donors (Lipinski definition) is 1. The second-order valence-electron chi connectivity index (χ2n) is 2.24. The SMILES string of the molecule is NC(=O)CCCn1ccnn1. The highest BCUT2D eigenvalue weighted by atomic mass is 16.1. The summed E-state index contributed by atoms with van der Waals surface area (Å²) in [4.78, 5) is 10.3. The lowest BCUT2D eigenvalue weighted by molar-refractivity contribution is -0.118. The Labute approximate surface area is 64.2 Å². The topological polar surface area (TPSA) is 73.8 Å². The van der Waals surface area contributed by atoms with E-state index < -0.39 is 0 Å². The number of rotatable bonds is 4. The highest BCUT2D eigenvalue weighted by Crippen LogP contribution is 1.91. The molecular formula is C6H10N4O. The van der Waals surface area contributed by atoms with Crippen LogP contribution in [0, 0.1) is 0 Å². The van der Waals surface area contributed by atoms with Gasteiger partial charge in [0.1, 0.15) is 0 Å². The summed E-state index contributed by atoms with van der Waals surface area (Å²) < 4.78 is 1.67. The fourth-order valence-corrected chi connectivity index (χ4v) is 0.767. The normalized spacial score (nSPS) is 9.82. The molecule has 0 spiro atoms. The van der Waals surface area contributed by atoms with E-state index in [9.17, 15) is 4.79 Å². The lowest BCUT2D eigenvalue weighted by Crippen LogP contribution is -2.11. The first-order chi connectivity index (χ1) is 5.29. The van der Waals surface area contributed by atoms with E-state index in [0.29, 0.717) is 13.0 Å². The second-order valence-corrected chi connectivity index (χ2v) is 2.24. The summed E-state index contributed by atoms with van der Waals surface area (Å²) >= 11 is 0. The molecule has 1 rings (SSSR count). The van der Waals surface area contributed by atoms with Crippen LogP contribution in [0.5, 0.6) is 0 Å². The van der Waals surface area contributed by atoms with Crippen molar-refractivity contribution in [3.05, 3.63) is 12.4 Å². The van der Waals surface area contributed by atoms with E-state index in [1.807, 2.05) is 0 Å². The predicted molar refractivity (Wildman–Crippen MR) is 38.5 cm³/mol. The molecule has 2 N–H and O–H groups in total. The van der Waals surface area contributed by atoms with Crippen LogP contribution in [0.4, 0.5) is 0 Å². The predicted octanol–water partition coefficient (Wildman–Crippen LogP) is -0.456. The van der Waals surface area contributed by atoms with Gasteiger partial charge in [-0.15, -0.1) is 5.10 Å². The molecule has 11 heavy (non-hydrogen) atoms. The van der Waals surface area contributed by atoms with E-state index in [1.54, 1.807) is 17.1 Å². The summed E-state index contributed by atoms with van der Waals surface area (Å²) in [7, 11) is 0. The van der Waals surface area contributed by atoms with Crippen LogP contribution >= 0.6 is 0 Å². The van der Waals surface area contributed by atoms with Gasteiger partial charge in [0.25, 0.3) is 0 Å². The molecule has 1 amide bonds. The summed E-state index contributed by atoms with van der Waals surface area (Å²) in [6.07, 6.45) is 4.48. The maximum absolute atomic E-state index is 10.3.